The minimum atomic E-state index is 0.000278. The molecule has 1 aromatic carbocycles. The fourth-order valence-electron chi connectivity index (χ4n) is 1.48. The molecule has 2 rings (SSSR count). The number of thiol groups is 1. The summed E-state index contributed by atoms with van der Waals surface area (Å²) in [6.07, 6.45) is 3.45. The highest BCUT2D eigenvalue weighted by Crippen LogP contribution is 2.19. The van der Waals surface area contributed by atoms with Gasteiger partial charge in [-0.05, 0) is 31.4 Å². The molecule has 74 valence electrons. The zero-order valence-electron chi connectivity index (χ0n) is 7.86. The van der Waals surface area contributed by atoms with Gasteiger partial charge in [0.25, 0.3) is 5.91 Å². The third kappa shape index (κ3) is 1.93. The van der Waals surface area contributed by atoms with E-state index in [2.05, 4.69) is 17.9 Å². The molecule has 1 amide bonds. The van der Waals surface area contributed by atoms with Crippen molar-refractivity contribution in [3.8, 4) is 0 Å². The molecule has 1 saturated carbocycles. The van der Waals surface area contributed by atoms with Gasteiger partial charge in [0.05, 0.1) is 5.56 Å². The Kier molecular flexibility index (Phi) is 2.77. The predicted octanol–water partition coefficient (Wildman–Crippen LogP) is 2.26. The maximum atomic E-state index is 11.7. The van der Waals surface area contributed by atoms with Gasteiger partial charge in [-0.3, -0.25) is 4.79 Å². The molecular weight excluding hydrogens is 194 g/mol. The topological polar surface area (TPSA) is 29.1 Å². The zero-order valence-corrected chi connectivity index (χ0v) is 8.76. The monoisotopic (exact) mass is 207 g/mol. The van der Waals surface area contributed by atoms with Crippen LogP contribution >= 0.6 is 12.6 Å². The van der Waals surface area contributed by atoms with Crippen molar-refractivity contribution in [3.63, 3.8) is 0 Å². The highest BCUT2D eigenvalue weighted by atomic mass is 32.1. The van der Waals surface area contributed by atoms with Crippen molar-refractivity contribution in [1.29, 1.82) is 0 Å². The number of nitrogens with one attached hydrogen (secondary N) is 1. The van der Waals surface area contributed by atoms with E-state index in [-0.39, 0.29) is 5.91 Å². The van der Waals surface area contributed by atoms with Crippen LogP contribution in [0, 0.1) is 0 Å². The Morgan fingerprint density at radius 1 is 1.36 bits per heavy atom. The van der Waals surface area contributed by atoms with E-state index in [0.29, 0.717) is 11.6 Å². The molecule has 0 saturated heterocycles. The third-order valence-electron chi connectivity index (χ3n) is 2.59. The van der Waals surface area contributed by atoms with Crippen molar-refractivity contribution in [2.75, 3.05) is 0 Å². The van der Waals surface area contributed by atoms with Crippen LogP contribution in [0.25, 0.3) is 0 Å². The second-order valence-corrected chi connectivity index (χ2v) is 4.10. The second kappa shape index (κ2) is 4.05. The van der Waals surface area contributed by atoms with Crippen LogP contribution in [-0.4, -0.2) is 11.9 Å². The molecule has 0 unspecified atom stereocenters. The molecule has 0 bridgehead atoms. The Labute approximate surface area is 89.1 Å². The largest absolute Gasteiger partial charge is 0.349 e. The normalized spacial score (nSPS) is 16.1. The fourth-order valence-corrected chi connectivity index (χ4v) is 1.74. The lowest BCUT2D eigenvalue weighted by atomic mass is 9.93. The summed E-state index contributed by atoms with van der Waals surface area (Å²) in [5.74, 6) is 0.000278. The second-order valence-electron chi connectivity index (χ2n) is 3.62. The van der Waals surface area contributed by atoms with E-state index < -0.39 is 0 Å². The first-order valence-electron chi connectivity index (χ1n) is 4.86. The minimum Gasteiger partial charge on any atom is -0.349 e. The summed E-state index contributed by atoms with van der Waals surface area (Å²) >= 11 is 4.25. The zero-order chi connectivity index (χ0) is 9.97. The van der Waals surface area contributed by atoms with Gasteiger partial charge in [0.2, 0.25) is 0 Å². The van der Waals surface area contributed by atoms with Gasteiger partial charge >= 0.3 is 0 Å². The summed E-state index contributed by atoms with van der Waals surface area (Å²) in [6, 6.07) is 7.75. The van der Waals surface area contributed by atoms with Crippen LogP contribution in [0.15, 0.2) is 29.2 Å². The summed E-state index contributed by atoms with van der Waals surface area (Å²) in [6.45, 7) is 0. The Hall–Kier alpha value is -0.960. The molecule has 1 aliphatic rings. The summed E-state index contributed by atoms with van der Waals surface area (Å²) in [5, 5.41) is 2.99. The Morgan fingerprint density at radius 2 is 2.07 bits per heavy atom. The smallest absolute Gasteiger partial charge is 0.252 e. The Bertz CT molecular complexity index is 347. The molecule has 0 spiro atoms. The summed E-state index contributed by atoms with van der Waals surface area (Å²) < 4.78 is 0. The maximum Gasteiger partial charge on any atom is 0.252 e. The highest BCUT2D eigenvalue weighted by molar-refractivity contribution is 7.80. The van der Waals surface area contributed by atoms with Crippen LogP contribution < -0.4 is 5.32 Å². The number of benzene rings is 1. The van der Waals surface area contributed by atoms with E-state index in [1.807, 2.05) is 18.2 Å². The van der Waals surface area contributed by atoms with Gasteiger partial charge in [0.15, 0.2) is 0 Å². The SMILES string of the molecule is O=C(NC1CCC1)c1ccccc1S. The van der Waals surface area contributed by atoms with Crippen molar-refractivity contribution in [2.24, 2.45) is 0 Å². The molecule has 0 aromatic heterocycles. The number of amides is 1. The van der Waals surface area contributed by atoms with E-state index in [4.69, 9.17) is 0 Å². The lowest BCUT2D eigenvalue weighted by molar-refractivity contribution is 0.0914. The molecule has 1 aromatic rings. The Balaban J connectivity index is 2.06. The van der Waals surface area contributed by atoms with Crippen molar-refractivity contribution in [1.82, 2.24) is 5.32 Å². The molecule has 0 atom stereocenters. The van der Waals surface area contributed by atoms with Crippen LogP contribution in [0.2, 0.25) is 0 Å². The minimum absolute atomic E-state index is 0.000278. The van der Waals surface area contributed by atoms with Gasteiger partial charge in [-0.25, -0.2) is 0 Å². The number of carbonyl (C=O) groups excluding carboxylic acids is 1. The molecule has 1 fully saturated rings. The quantitative estimate of drug-likeness (QED) is 0.716. The summed E-state index contributed by atoms with van der Waals surface area (Å²) in [4.78, 5) is 12.4. The van der Waals surface area contributed by atoms with Gasteiger partial charge < -0.3 is 5.32 Å². The van der Waals surface area contributed by atoms with E-state index in [1.54, 1.807) is 6.07 Å². The van der Waals surface area contributed by atoms with Crippen LogP contribution in [-0.2, 0) is 0 Å². The molecule has 0 radical (unpaired) electrons. The van der Waals surface area contributed by atoms with Gasteiger partial charge in [-0.2, -0.15) is 0 Å². The van der Waals surface area contributed by atoms with Gasteiger partial charge in [-0.15, -0.1) is 12.6 Å². The average molecular weight is 207 g/mol. The number of hydrogen-bond donors (Lipinski definition) is 2. The molecule has 1 aliphatic carbocycles. The molecule has 0 heterocycles. The van der Waals surface area contributed by atoms with Crippen molar-refractivity contribution in [2.45, 2.75) is 30.2 Å². The van der Waals surface area contributed by atoms with Crippen LogP contribution in [0.4, 0.5) is 0 Å². The Morgan fingerprint density at radius 3 is 2.64 bits per heavy atom. The highest BCUT2D eigenvalue weighted by Gasteiger charge is 2.20. The van der Waals surface area contributed by atoms with Crippen LogP contribution in [0.5, 0.6) is 0 Å². The van der Waals surface area contributed by atoms with Crippen molar-refractivity contribution < 1.29 is 4.79 Å². The van der Waals surface area contributed by atoms with Gasteiger partial charge in [0.1, 0.15) is 0 Å². The predicted molar refractivity (Wildman–Crippen MR) is 58.8 cm³/mol. The lowest BCUT2D eigenvalue weighted by Crippen LogP contribution is -2.39. The summed E-state index contributed by atoms with van der Waals surface area (Å²) in [7, 11) is 0. The van der Waals surface area contributed by atoms with E-state index in [9.17, 15) is 4.79 Å². The third-order valence-corrected chi connectivity index (χ3v) is 2.98. The van der Waals surface area contributed by atoms with Crippen molar-refractivity contribution in [3.05, 3.63) is 29.8 Å². The van der Waals surface area contributed by atoms with E-state index in [0.717, 1.165) is 17.7 Å². The molecular formula is C11H13NOS. The maximum absolute atomic E-state index is 11.7. The van der Waals surface area contributed by atoms with Crippen LogP contribution in [0.3, 0.4) is 0 Å². The van der Waals surface area contributed by atoms with E-state index in [1.165, 1.54) is 6.42 Å². The molecule has 1 N–H and O–H groups in total. The van der Waals surface area contributed by atoms with Gasteiger partial charge in [0, 0.05) is 10.9 Å². The first-order chi connectivity index (χ1) is 6.77. The number of rotatable bonds is 2. The standard InChI is InChI=1S/C11H13NOS/c13-11(12-8-4-3-5-8)9-6-1-2-7-10(9)14/h1-2,6-8,14H,3-5H2,(H,12,13). The number of hydrogen-bond acceptors (Lipinski definition) is 2. The van der Waals surface area contributed by atoms with Gasteiger partial charge in [-0.1, -0.05) is 12.1 Å². The lowest BCUT2D eigenvalue weighted by Gasteiger charge is -2.26. The molecule has 14 heavy (non-hydrogen) atoms. The van der Waals surface area contributed by atoms with Crippen LogP contribution in [0.1, 0.15) is 29.6 Å². The average Bonchev–Trinajstić information content (AvgIpc) is 2.12. The molecule has 0 aliphatic heterocycles. The first-order valence-corrected chi connectivity index (χ1v) is 5.31. The first kappa shape index (κ1) is 9.59. The molecule has 2 nitrogen and oxygen atoms in total. The number of carbonyl (C=O) groups is 1. The van der Waals surface area contributed by atoms with E-state index >= 15 is 0 Å². The molecule has 3 heteroatoms. The fraction of sp³-hybridized carbons (Fsp3) is 0.364. The van der Waals surface area contributed by atoms with Crippen molar-refractivity contribution >= 4 is 18.5 Å². The summed E-state index contributed by atoms with van der Waals surface area (Å²) in [5.41, 5.74) is 0.669.